The van der Waals surface area contributed by atoms with Crippen LogP contribution in [0.25, 0.3) is 0 Å². The Morgan fingerprint density at radius 3 is 2.87 bits per heavy atom. The van der Waals surface area contributed by atoms with E-state index in [-0.39, 0.29) is 11.5 Å². The van der Waals surface area contributed by atoms with Crippen LogP contribution in [-0.4, -0.2) is 11.2 Å². The highest BCUT2D eigenvalue weighted by Gasteiger charge is 2.43. The van der Waals surface area contributed by atoms with Crippen LogP contribution in [0.1, 0.15) is 30.6 Å². The molecule has 80 valence electrons. The monoisotopic (exact) mass is 220 g/mol. The lowest BCUT2D eigenvalue weighted by Gasteiger charge is -2.45. The Balaban J connectivity index is 2.06. The van der Waals surface area contributed by atoms with Gasteiger partial charge in [0.15, 0.2) is 0 Å². The number of rotatable bonds is 4. The van der Waals surface area contributed by atoms with Crippen molar-refractivity contribution in [3.05, 3.63) is 22.4 Å². The summed E-state index contributed by atoms with van der Waals surface area (Å²) in [5.74, 6) is 2.57. The van der Waals surface area contributed by atoms with Gasteiger partial charge in [-0.1, -0.05) is 12.5 Å². The van der Waals surface area contributed by atoms with Crippen LogP contribution in [0.4, 0.5) is 0 Å². The number of terminal acetylenes is 1. The molecule has 15 heavy (non-hydrogen) atoms. The first-order valence-electron chi connectivity index (χ1n) is 5.41. The Bertz CT molecular complexity index is 343. The third-order valence-electron chi connectivity index (χ3n) is 3.47. The molecule has 1 heterocycles. The van der Waals surface area contributed by atoms with Gasteiger partial charge in [0.05, 0.1) is 6.10 Å². The van der Waals surface area contributed by atoms with Crippen molar-refractivity contribution in [2.75, 3.05) is 0 Å². The molecule has 1 fully saturated rings. The van der Waals surface area contributed by atoms with Crippen LogP contribution in [0.15, 0.2) is 17.5 Å². The minimum absolute atomic E-state index is 0.0806. The minimum atomic E-state index is -0.321. The molecule has 0 radical (unpaired) electrons. The van der Waals surface area contributed by atoms with Gasteiger partial charge in [-0.15, -0.1) is 23.7 Å². The van der Waals surface area contributed by atoms with Crippen LogP contribution in [0, 0.1) is 17.8 Å². The smallest absolute Gasteiger partial charge is 0.0708 e. The molecule has 1 atom stereocenters. The lowest BCUT2D eigenvalue weighted by Crippen LogP contribution is -2.42. The summed E-state index contributed by atoms with van der Waals surface area (Å²) in [6.45, 7) is 0. The quantitative estimate of drug-likeness (QED) is 0.774. The van der Waals surface area contributed by atoms with Crippen molar-refractivity contribution >= 4 is 11.3 Å². The summed E-state index contributed by atoms with van der Waals surface area (Å²) in [7, 11) is 0. The molecule has 0 aromatic carbocycles. The molecule has 0 bridgehead atoms. The van der Waals surface area contributed by atoms with Gasteiger partial charge in [-0.25, -0.2) is 0 Å². The van der Waals surface area contributed by atoms with Crippen LogP contribution in [0.3, 0.4) is 0 Å². The molecule has 2 rings (SSSR count). The van der Waals surface area contributed by atoms with Crippen LogP contribution >= 0.6 is 11.3 Å². The molecule has 1 nitrogen and oxygen atoms in total. The maximum absolute atomic E-state index is 10.1. The van der Waals surface area contributed by atoms with E-state index in [1.165, 1.54) is 11.3 Å². The normalized spacial score (nSPS) is 20.3. The first kappa shape index (κ1) is 10.7. The molecule has 1 N–H and O–H groups in total. The van der Waals surface area contributed by atoms with Gasteiger partial charge in [-0.05, 0) is 30.7 Å². The van der Waals surface area contributed by atoms with Crippen molar-refractivity contribution in [2.24, 2.45) is 5.41 Å². The third-order valence-corrected chi connectivity index (χ3v) is 4.35. The van der Waals surface area contributed by atoms with Crippen molar-refractivity contribution in [2.45, 2.75) is 38.2 Å². The van der Waals surface area contributed by atoms with Crippen LogP contribution in [0.5, 0.6) is 0 Å². The second-order valence-electron chi connectivity index (χ2n) is 4.40. The molecular formula is C13H16OS. The summed E-state index contributed by atoms with van der Waals surface area (Å²) in [5, 5.41) is 12.2. The zero-order valence-corrected chi connectivity index (χ0v) is 9.59. The van der Waals surface area contributed by atoms with Crippen molar-refractivity contribution in [1.82, 2.24) is 0 Å². The van der Waals surface area contributed by atoms with E-state index in [9.17, 15) is 5.11 Å². The summed E-state index contributed by atoms with van der Waals surface area (Å²) in [4.78, 5) is 1.37. The summed E-state index contributed by atoms with van der Waals surface area (Å²) < 4.78 is 0. The molecule has 1 saturated carbocycles. The lowest BCUT2D eigenvalue weighted by molar-refractivity contribution is -0.0305. The van der Waals surface area contributed by atoms with Gasteiger partial charge in [0.2, 0.25) is 0 Å². The zero-order chi connectivity index (χ0) is 10.7. The molecule has 0 amide bonds. The Hall–Kier alpha value is -0.780. The zero-order valence-electron chi connectivity index (χ0n) is 8.78. The second-order valence-corrected chi connectivity index (χ2v) is 5.43. The fraction of sp³-hybridized carbons (Fsp3) is 0.538. The average molecular weight is 220 g/mol. The fourth-order valence-corrected chi connectivity index (χ4v) is 3.21. The predicted octanol–water partition coefficient (Wildman–Crippen LogP) is 2.85. The molecule has 0 aliphatic heterocycles. The summed E-state index contributed by atoms with van der Waals surface area (Å²) >= 11 is 1.77. The number of hydrogen-bond donors (Lipinski definition) is 1. The van der Waals surface area contributed by atoms with E-state index in [0.717, 1.165) is 19.3 Å². The number of aliphatic hydroxyl groups excluding tert-OH is 1. The molecular weight excluding hydrogens is 204 g/mol. The molecule has 1 aliphatic carbocycles. The number of aliphatic hydroxyl groups is 1. The van der Waals surface area contributed by atoms with Gasteiger partial charge in [0.25, 0.3) is 0 Å². The van der Waals surface area contributed by atoms with Gasteiger partial charge in [0, 0.05) is 16.7 Å². The topological polar surface area (TPSA) is 20.2 Å². The van der Waals surface area contributed by atoms with E-state index < -0.39 is 0 Å². The van der Waals surface area contributed by atoms with Gasteiger partial charge < -0.3 is 5.11 Å². The van der Waals surface area contributed by atoms with Crippen LogP contribution < -0.4 is 0 Å². The summed E-state index contributed by atoms with van der Waals surface area (Å²) in [5.41, 5.74) is 0.0806. The number of hydrogen-bond acceptors (Lipinski definition) is 2. The van der Waals surface area contributed by atoms with E-state index in [2.05, 4.69) is 23.4 Å². The Morgan fingerprint density at radius 1 is 1.60 bits per heavy atom. The van der Waals surface area contributed by atoms with E-state index in [0.29, 0.717) is 6.42 Å². The van der Waals surface area contributed by atoms with Crippen molar-refractivity contribution in [1.29, 1.82) is 0 Å². The second kappa shape index (κ2) is 4.38. The maximum Gasteiger partial charge on any atom is 0.0708 e. The van der Waals surface area contributed by atoms with Crippen LogP contribution in [0.2, 0.25) is 0 Å². The standard InChI is InChI=1S/C13H16OS/c1-2-5-12(14)13(7-4-8-13)10-11-6-3-9-15-11/h1,3,6,9,12,14H,4-5,7-8,10H2. The minimum Gasteiger partial charge on any atom is -0.392 e. The van der Waals surface area contributed by atoms with E-state index in [1.807, 2.05) is 0 Å². The molecule has 0 spiro atoms. The highest BCUT2D eigenvalue weighted by Crippen LogP contribution is 2.47. The summed E-state index contributed by atoms with van der Waals surface area (Å²) in [6.07, 6.45) is 9.90. The van der Waals surface area contributed by atoms with Crippen molar-refractivity contribution in [3.63, 3.8) is 0 Å². The Kier molecular flexibility index (Phi) is 3.14. The molecule has 0 saturated heterocycles. The molecule has 1 aromatic rings. The summed E-state index contributed by atoms with van der Waals surface area (Å²) in [6, 6.07) is 4.22. The van der Waals surface area contributed by atoms with Gasteiger partial charge in [-0.2, -0.15) is 0 Å². The van der Waals surface area contributed by atoms with Gasteiger partial charge in [0.1, 0.15) is 0 Å². The SMILES string of the molecule is C#CCC(O)C1(Cc2cccs2)CCC1. The maximum atomic E-state index is 10.1. The van der Waals surface area contributed by atoms with Crippen molar-refractivity contribution in [3.8, 4) is 12.3 Å². The van der Waals surface area contributed by atoms with E-state index >= 15 is 0 Å². The highest BCUT2D eigenvalue weighted by molar-refractivity contribution is 7.09. The lowest BCUT2D eigenvalue weighted by atomic mass is 9.62. The van der Waals surface area contributed by atoms with Crippen molar-refractivity contribution < 1.29 is 5.11 Å². The molecule has 1 aromatic heterocycles. The third kappa shape index (κ3) is 2.09. The molecule has 2 heteroatoms. The average Bonchev–Trinajstić information content (AvgIpc) is 2.63. The van der Waals surface area contributed by atoms with Gasteiger partial charge >= 0.3 is 0 Å². The Labute approximate surface area is 95.1 Å². The highest BCUT2D eigenvalue weighted by atomic mass is 32.1. The van der Waals surface area contributed by atoms with Crippen LogP contribution in [-0.2, 0) is 6.42 Å². The first-order chi connectivity index (χ1) is 7.27. The van der Waals surface area contributed by atoms with E-state index in [1.54, 1.807) is 11.3 Å². The largest absolute Gasteiger partial charge is 0.392 e. The first-order valence-corrected chi connectivity index (χ1v) is 6.29. The molecule has 1 aliphatic rings. The Morgan fingerprint density at radius 2 is 2.40 bits per heavy atom. The number of thiophene rings is 1. The fourth-order valence-electron chi connectivity index (χ4n) is 2.35. The van der Waals surface area contributed by atoms with Gasteiger partial charge in [-0.3, -0.25) is 0 Å². The predicted molar refractivity (Wildman–Crippen MR) is 63.8 cm³/mol. The molecule has 1 unspecified atom stereocenters. The van der Waals surface area contributed by atoms with E-state index in [4.69, 9.17) is 6.42 Å².